The first kappa shape index (κ1) is 21.8. The normalized spacial score (nSPS) is 15.9. The van der Waals surface area contributed by atoms with Crippen LogP contribution in [-0.4, -0.2) is 48.0 Å². The minimum Gasteiger partial charge on any atom is -0.356 e. The first-order chi connectivity index (χ1) is 13.4. The lowest BCUT2D eigenvalue weighted by molar-refractivity contribution is 0.163. The Labute approximate surface area is 186 Å². The summed E-state index contributed by atoms with van der Waals surface area (Å²) in [6, 6.07) is 13.2. The van der Waals surface area contributed by atoms with Gasteiger partial charge in [0.25, 0.3) is 0 Å². The van der Waals surface area contributed by atoms with Crippen LogP contribution in [-0.2, 0) is 6.42 Å². The van der Waals surface area contributed by atoms with Gasteiger partial charge in [-0.05, 0) is 50.3 Å². The van der Waals surface area contributed by atoms with Gasteiger partial charge in [0.2, 0.25) is 0 Å². The molecule has 0 saturated carbocycles. The van der Waals surface area contributed by atoms with Crippen molar-refractivity contribution in [3.8, 4) is 0 Å². The molecule has 3 aromatic rings. The Bertz CT molecular complexity index is 1030. The first-order valence-corrected chi connectivity index (χ1v) is 9.96. The fourth-order valence-corrected chi connectivity index (χ4v) is 4.16. The average Bonchev–Trinajstić information content (AvgIpc) is 3.04. The number of anilines is 1. The Morgan fingerprint density at radius 3 is 2.69 bits per heavy atom. The molecule has 5 nitrogen and oxygen atoms in total. The van der Waals surface area contributed by atoms with Gasteiger partial charge in [-0.25, -0.2) is 4.79 Å². The molecule has 8 heteroatoms. The van der Waals surface area contributed by atoms with Gasteiger partial charge >= 0.3 is 6.03 Å². The van der Waals surface area contributed by atoms with E-state index in [0.717, 1.165) is 24.2 Å². The number of rotatable bonds is 3. The number of para-hydroxylation sites is 1. The van der Waals surface area contributed by atoms with E-state index in [2.05, 4.69) is 33.4 Å². The van der Waals surface area contributed by atoms with Crippen molar-refractivity contribution in [2.45, 2.75) is 12.5 Å². The molecular formula is C21H23Cl3N4O. The molecule has 1 aromatic heterocycles. The molecule has 0 aliphatic carbocycles. The summed E-state index contributed by atoms with van der Waals surface area (Å²) < 4.78 is 0. The van der Waals surface area contributed by atoms with E-state index < -0.39 is 0 Å². The zero-order valence-electron chi connectivity index (χ0n) is 16.2. The summed E-state index contributed by atoms with van der Waals surface area (Å²) in [5.74, 6) is 0. The highest BCUT2D eigenvalue weighted by atomic mass is 35.5. The summed E-state index contributed by atoms with van der Waals surface area (Å²) in [6.07, 6.45) is 0.818. The van der Waals surface area contributed by atoms with Crippen LogP contribution in [0.1, 0.15) is 17.3 Å². The third kappa shape index (κ3) is 4.33. The van der Waals surface area contributed by atoms with E-state index in [1.165, 1.54) is 10.9 Å². The van der Waals surface area contributed by atoms with Crippen molar-refractivity contribution in [1.29, 1.82) is 0 Å². The number of hydrogen-bond acceptors (Lipinski definition) is 2. The third-order valence-corrected chi connectivity index (χ3v) is 5.87. The Morgan fingerprint density at radius 1 is 1.21 bits per heavy atom. The number of carbonyl (C=O) groups excluding carboxylic acids is 1. The predicted octanol–water partition coefficient (Wildman–Crippen LogP) is 5.59. The van der Waals surface area contributed by atoms with E-state index in [-0.39, 0.29) is 24.5 Å². The second kappa shape index (κ2) is 8.84. The summed E-state index contributed by atoms with van der Waals surface area (Å²) in [6.45, 7) is 1.38. The number of halogens is 3. The maximum atomic E-state index is 13.1. The lowest BCUT2D eigenvalue weighted by atomic mass is 9.97. The number of carbonyl (C=O) groups is 1. The summed E-state index contributed by atoms with van der Waals surface area (Å²) in [5, 5.41) is 5.08. The molecular weight excluding hydrogens is 431 g/mol. The molecule has 1 aliphatic heterocycles. The van der Waals surface area contributed by atoms with Crippen molar-refractivity contribution < 1.29 is 4.79 Å². The molecule has 0 saturated heterocycles. The van der Waals surface area contributed by atoms with Gasteiger partial charge in [-0.2, -0.15) is 0 Å². The van der Waals surface area contributed by atoms with Gasteiger partial charge in [-0.15, -0.1) is 12.4 Å². The molecule has 2 heterocycles. The number of aromatic nitrogens is 1. The molecule has 0 bridgehead atoms. The van der Waals surface area contributed by atoms with Gasteiger partial charge in [0, 0.05) is 35.4 Å². The Balaban J connectivity index is 0.00000240. The SMILES string of the molecule is CN(C)CC1c2[nH]c3ccccc3c2CCN1C(=O)Nc1ccc(Cl)c(Cl)c1.Cl. The number of amides is 2. The number of nitrogens with one attached hydrogen (secondary N) is 2. The molecule has 29 heavy (non-hydrogen) atoms. The highest BCUT2D eigenvalue weighted by Crippen LogP contribution is 2.35. The largest absolute Gasteiger partial charge is 0.356 e. The molecule has 0 fully saturated rings. The quantitative estimate of drug-likeness (QED) is 0.543. The van der Waals surface area contributed by atoms with Crippen molar-refractivity contribution >= 4 is 58.2 Å². The van der Waals surface area contributed by atoms with E-state index in [0.29, 0.717) is 22.3 Å². The van der Waals surface area contributed by atoms with Crippen molar-refractivity contribution in [3.63, 3.8) is 0 Å². The lowest BCUT2D eigenvalue weighted by Gasteiger charge is -2.37. The molecule has 1 atom stereocenters. The molecule has 1 unspecified atom stereocenters. The van der Waals surface area contributed by atoms with Crippen molar-refractivity contribution in [2.75, 3.05) is 32.5 Å². The number of aromatic amines is 1. The molecule has 0 spiro atoms. The van der Waals surface area contributed by atoms with E-state index in [9.17, 15) is 4.79 Å². The number of urea groups is 1. The van der Waals surface area contributed by atoms with Crippen LogP contribution in [0.25, 0.3) is 10.9 Å². The van der Waals surface area contributed by atoms with E-state index in [4.69, 9.17) is 23.2 Å². The number of likely N-dealkylation sites (N-methyl/N-ethyl adjacent to an activating group) is 1. The maximum absolute atomic E-state index is 13.1. The second-order valence-electron chi connectivity index (χ2n) is 7.34. The fourth-order valence-electron chi connectivity index (χ4n) is 3.87. The molecule has 0 radical (unpaired) electrons. The van der Waals surface area contributed by atoms with Gasteiger partial charge in [0.1, 0.15) is 0 Å². The highest BCUT2D eigenvalue weighted by Gasteiger charge is 2.33. The highest BCUT2D eigenvalue weighted by molar-refractivity contribution is 6.42. The van der Waals surface area contributed by atoms with Crippen molar-refractivity contribution in [3.05, 3.63) is 63.8 Å². The monoisotopic (exact) mass is 452 g/mol. The number of nitrogens with zero attached hydrogens (tertiary/aromatic N) is 2. The molecule has 2 aromatic carbocycles. The van der Waals surface area contributed by atoms with Gasteiger partial charge in [0.05, 0.1) is 16.1 Å². The summed E-state index contributed by atoms with van der Waals surface area (Å²) >= 11 is 12.1. The molecule has 2 amide bonds. The second-order valence-corrected chi connectivity index (χ2v) is 8.16. The Kier molecular flexibility index (Phi) is 6.64. The topological polar surface area (TPSA) is 51.4 Å². The van der Waals surface area contributed by atoms with Crippen LogP contribution in [0.15, 0.2) is 42.5 Å². The standard InChI is InChI=1S/C21H22Cl2N4O.ClH/c1-26(2)12-19-20-15(14-5-3-4-6-18(14)25-20)9-10-27(19)21(28)24-13-7-8-16(22)17(23)11-13;/h3-8,11,19,25H,9-10,12H2,1-2H3,(H,24,28);1H. The summed E-state index contributed by atoms with van der Waals surface area (Å²) in [4.78, 5) is 20.6. The summed E-state index contributed by atoms with van der Waals surface area (Å²) in [7, 11) is 4.04. The van der Waals surface area contributed by atoms with E-state index >= 15 is 0 Å². The minimum absolute atomic E-state index is 0. The van der Waals surface area contributed by atoms with Crippen LogP contribution in [0.5, 0.6) is 0 Å². The first-order valence-electron chi connectivity index (χ1n) is 9.21. The predicted molar refractivity (Wildman–Crippen MR) is 123 cm³/mol. The van der Waals surface area contributed by atoms with Crippen molar-refractivity contribution in [1.82, 2.24) is 14.8 Å². The van der Waals surface area contributed by atoms with Crippen LogP contribution >= 0.6 is 35.6 Å². The lowest BCUT2D eigenvalue weighted by Crippen LogP contribution is -2.45. The van der Waals surface area contributed by atoms with Crippen LogP contribution in [0.3, 0.4) is 0 Å². The molecule has 2 N–H and O–H groups in total. The number of benzene rings is 2. The molecule has 154 valence electrons. The van der Waals surface area contributed by atoms with Crippen LogP contribution in [0.4, 0.5) is 10.5 Å². The Morgan fingerprint density at radius 2 is 1.97 bits per heavy atom. The van der Waals surface area contributed by atoms with Gasteiger partial charge in [-0.1, -0.05) is 41.4 Å². The molecule has 1 aliphatic rings. The van der Waals surface area contributed by atoms with E-state index in [1.807, 2.05) is 25.1 Å². The smallest absolute Gasteiger partial charge is 0.322 e. The van der Waals surface area contributed by atoms with Crippen molar-refractivity contribution in [2.24, 2.45) is 0 Å². The maximum Gasteiger partial charge on any atom is 0.322 e. The van der Waals surface area contributed by atoms with Gasteiger partial charge in [-0.3, -0.25) is 0 Å². The van der Waals surface area contributed by atoms with Crippen LogP contribution in [0, 0.1) is 0 Å². The summed E-state index contributed by atoms with van der Waals surface area (Å²) in [5.41, 5.74) is 4.17. The average molecular weight is 454 g/mol. The van der Waals surface area contributed by atoms with Gasteiger partial charge < -0.3 is 20.1 Å². The fraction of sp³-hybridized carbons (Fsp3) is 0.286. The molecule has 4 rings (SSSR count). The third-order valence-electron chi connectivity index (χ3n) is 5.13. The van der Waals surface area contributed by atoms with Crippen LogP contribution in [0.2, 0.25) is 10.0 Å². The number of fused-ring (bicyclic) bond motifs is 3. The van der Waals surface area contributed by atoms with Crippen LogP contribution < -0.4 is 5.32 Å². The van der Waals surface area contributed by atoms with E-state index in [1.54, 1.807) is 18.2 Å². The Hall–Kier alpha value is -1.92. The number of H-pyrrole nitrogens is 1. The number of hydrogen-bond donors (Lipinski definition) is 2. The minimum atomic E-state index is -0.144. The zero-order valence-corrected chi connectivity index (χ0v) is 18.5. The van der Waals surface area contributed by atoms with Gasteiger partial charge in [0.15, 0.2) is 0 Å². The zero-order chi connectivity index (χ0) is 19.8.